The maximum absolute atomic E-state index is 13.6. The second kappa shape index (κ2) is 9.75. The number of piperazine rings is 1. The number of nitro benzene ring substituents is 1. The van der Waals surface area contributed by atoms with Crippen LogP contribution < -0.4 is 4.90 Å². The van der Waals surface area contributed by atoms with Crippen molar-refractivity contribution in [3.8, 4) is 5.69 Å². The minimum atomic E-state index is -0.407. The van der Waals surface area contributed by atoms with E-state index in [1.54, 1.807) is 12.1 Å². The van der Waals surface area contributed by atoms with Crippen molar-refractivity contribution in [2.45, 2.75) is 0 Å². The zero-order valence-electron chi connectivity index (χ0n) is 18.1. The molecular weight excluding hydrogens is 475 g/mol. The van der Waals surface area contributed by atoms with Crippen molar-refractivity contribution in [3.05, 3.63) is 99.7 Å². The largest absolute Gasteiger partial charge is 0.368 e. The lowest BCUT2D eigenvalue weighted by atomic mass is 10.1. The first-order valence-electron chi connectivity index (χ1n) is 10.7. The number of nitrogens with zero attached hydrogens (tertiary/aromatic N) is 4. The highest BCUT2D eigenvalue weighted by atomic mass is 35.5. The monoisotopic (exact) mass is 496 g/mol. The number of fused-ring (bicyclic) bond motifs is 1. The topological polar surface area (TPSA) is 71.6 Å². The fourth-order valence-corrected chi connectivity index (χ4v) is 4.72. The number of non-ortho nitro benzene ring substituents is 1. The third-order valence-corrected chi connectivity index (χ3v) is 6.40. The van der Waals surface area contributed by atoms with Crippen molar-refractivity contribution in [1.29, 1.82) is 0 Å². The molecule has 4 aromatic rings. The Balaban J connectivity index is 0.00000274. The quantitative estimate of drug-likeness (QED) is 0.273. The van der Waals surface area contributed by atoms with E-state index in [1.165, 1.54) is 12.1 Å². The van der Waals surface area contributed by atoms with E-state index in [0.29, 0.717) is 36.9 Å². The Morgan fingerprint density at radius 2 is 1.44 bits per heavy atom. The van der Waals surface area contributed by atoms with Crippen molar-refractivity contribution in [2.24, 2.45) is 0 Å². The summed E-state index contributed by atoms with van der Waals surface area (Å²) in [6, 6.07) is 24.0. The number of amides is 1. The number of halogens is 2. The number of hydrogen-bond donors (Lipinski definition) is 0. The average Bonchev–Trinajstić information content (AvgIpc) is 3.16. The molecule has 34 heavy (non-hydrogen) atoms. The second-order valence-corrected chi connectivity index (χ2v) is 8.26. The summed E-state index contributed by atoms with van der Waals surface area (Å²) in [6.07, 6.45) is 0. The molecule has 1 aromatic heterocycles. The SMILES string of the molecule is Cl.O=C(c1c(Cl)n(-c2ccccc2)c2ccccc12)N1CCN(c2ccc([N+](=O)[O-])cc2)CC1. The molecule has 0 spiro atoms. The summed E-state index contributed by atoms with van der Waals surface area (Å²) < 4.78 is 1.91. The van der Waals surface area contributed by atoms with Gasteiger partial charge in [-0.05, 0) is 30.3 Å². The second-order valence-electron chi connectivity index (χ2n) is 7.91. The summed E-state index contributed by atoms with van der Waals surface area (Å²) in [7, 11) is 0. The Kier molecular flexibility index (Phi) is 6.77. The van der Waals surface area contributed by atoms with Crippen LogP contribution in [0.2, 0.25) is 5.15 Å². The molecule has 5 rings (SSSR count). The Bertz CT molecular complexity index is 1330. The molecule has 2 heterocycles. The molecule has 1 saturated heterocycles. The smallest absolute Gasteiger partial charge is 0.269 e. The van der Waals surface area contributed by atoms with Gasteiger partial charge in [0.2, 0.25) is 0 Å². The van der Waals surface area contributed by atoms with Crippen LogP contribution in [0.1, 0.15) is 10.4 Å². The molecule has 0 saturated carbocycles. The number of para-hydroxylation sites is 2. The van der Waals surface area contributed by atoms with Crippen LogP contribution in [0, 0.1) is 10.1 Å². The average molecular weight is 497 g/mol. The Morgan fingerprint density at radius 3 is 2.09 bits per heavy atom. The molecule has 0 unspecified atom stereocenters. The standard InChI is InChI=1S/C25H21ClN4O3.ClH/c26-24-23(21-8-4-5-9-22(21)29(24)19-6-2-1-3-7-19)25(31)28-16-14-27(15-17-28)18-10-12-20(13-11-18)30(32)33;/h1-13H,14-17H2;1H. The predicted octanol–water partition coefficient (Wildman–Crippen LogP) is 5.58. The van der Waals surface area contributed by atoms with Crippen LogP contribution in [0.25, 0.3) is 16.6 Å². The molecule has 1 amide bonds. The van der Waals surface area contributed by atoms with Gasteiger partial charge in [0.15, 0.2) is 0 Å². The summed E-state index contributed by atoms with van der Waals surface area (Å²) >= 11 is 6.82. The summed E-state index contributed by atoms with van der Waals surface area (Å²) in [5.41, 5.74) is 3.28. The molecule has 0 atom stereocenters. The maximum Gasteiger partial charge on any atom is 0.269 e. The minimum Gasteiger partial charge on any atom is -0.368 e. The number of nitro groups is 1. The molecule has 0 bridgehead atoms. The lowest BCUT2D eigenvalue weighted by Crippen LogP contribution is -2.48. The number of benzene rings is 3. The van der Waals surface area contributed by atoms with Gasteiger partial charge in [-0.15, -0.1) is 12.4 Å². The molecule has 3 aromatic carbocycles. The van der Waals surface area contributed by atoms with Gasteiger partial charge in [0.05, 0.1) is 16.0 Å². The van der Waals surface area contributed by atoms with Gasteiger partial charge in [-0.3, -0.25) is 19.5 Å². The van der Waals surface area contributed by atoms with Crippen molar-refractivity contribution < 1.29 is 9.72 Å². The molecule has 1 fully saturated rings. The highest BCUT2D eigenvalue weighted by Gasteiger charge is 2.28. The predicted molar refractivity (Wildman–Crippen MR) is 137 cm³/mol. The van der Waals surface area contributed by atoms with Crippen LogP contribution in [-0.2, 0) is 0 Å². The van der Waals surface area contributed by atoms with E-state index in [9.17, 15) is 14.9 Å². The number of carbonyl (C=O) groups is 1. The molecule has 174 valence electrons. The number of rotatable bonds is 4. The van der Waals surface area contributed by atoms with E-state index in [-0.39, 0.29) is 24.0 Å². The van der Waals surface area contributed by atoms with E-state index in [4.69, 9.17) is 11.6 Å². The van der Waals surface area contributed by atoms with Crippen LogP contribution in [0.15, 0.2) is 78.9 Å². The van der Waals surface area contributed by atoms with Crippen LogP contribution in [0.4, 0.5) is 11.4 Å². The van der Waals surface area contributed by atoms with Gasteiger partial charge in [-0.1, -0.05) is 48.0 Å². The molecule has 9 heteroatoms. The molecule has 1 aliphatic heterocycles. The maximum atomic E-state index is 13.6. The van der Waals surface area contributed by atoms with Gasteiger partial charge in [-0.2, -0.15) is 0 Å². The first kappa shape index (κ1) is 23.6. The van der Waals surface area contributed by atoms with Crippen LogP contribution >= 0.6 is 24.0 Å². The van der Waals surface area contributed by atoms with E-state index >= 15 is 0 Å². The zero-order valence-corrected chi connectivity index (χ0v) is 19.7. The van der Waals surface area contributed by atoms with E-state index in [2.05, 4.69) is 4.90 Å². The third-order valence-electron chi connectivity index (χ3n) is 6.04. The van der Waals surface area contributed by atoms with E-state index < -0.39 is 4.92 Å². The highest BCUT2D eigenvalue weighted by Crippen LogP contribution is 2.34. The van der Waals surface area contributed by atoms with Crippen LogP contribution in [0.3, 0.4) is 0 Å². The zero-order chi connectivity index (χ0) is 22.9. The Hall–Kier alpha value is -3.55. The molecule has 0 aliphatic carbocycles. The van der Waals surface area contributed by atoms with Crippen LogP contribution in [-0.4, -0.2) is 46.5 Å². The van der Waals surface area contributed by atoms with Crippen LogP contribution in [0.5, 0.6) is 0 Å². The normalized spacial score (nSPS) is 13.6. The van der Waals surface area contributed by atoms with Gasteiger partial charge in [0, 0.05) is 55.1 Å². The molecular formula is C25H22Cl2N4O3. The van der Waals surface area contributed by atoms with Gasteiger partial charge in [0.1, 0.15) is 5.15 Å². The number of aromatic nitrogens is 1. The number of anilines is 1. The first-order valence-corrected chi connectivity index (χ1v) is 11.1. The van der Waals surface area contributed by atoms with Gasteiger partial charge in [-0.25, -0.2) is 0 Å². The summed E-state index contributed by atoms with van der Waals surface area (Å²) in [6.45, 7) is 2.35. The summed E-state index contributed by atoms with van der Waals surface area (Å²) in [5, 5.41) is 12.1. The van der Waals surface area contributed by atoms with Gasteiger partial charge in [0.25, 0.3) is 11.6 Å². The first-order chi connectivity index (χ1) is 16.0. The molecule has 0 radical (unpaired) electrons. The van der Waals surface area contributed by atoms with Gasteiger partial charge >= 0.3 is 0 Å². The lowest BCUT2D eigenvalue weighted by Gasteiger charge is -2.36. The summed E-state index contributed by atoms with van der Waals surface area (Å²) in [5.74, 6) is -0.0887. The van der Waals surface area contributed by atoms with Crippen molar-refractivity contribution in [3.63, 3.8) is 0 Å². The lowest BCUT2D eigenvalue weighted by molar-refractivity contribution is -0.384. The van der Waals surface area contributed by atoms with Crippen molar-refractivity contribution in [2.75, 3.05) is 31.1 Å². The number of carbonyl (C=O) groups excluding carboxylic acids is 1. The third kappa shape index (κ3) is 4.20. The summed E-state index contributed by atoms with van der Waals surface area (Å²) in [4.78, 5) is 28.0. The number of hydrogen-bond acceptors (Lipinski definition) is 4. The Morgan fingerprint density at radius 1 is 0.824 bits per heavy atom. The Labute approximate surface area is 207 Å². The molecule has 7 nitrogen and oxygen atoms in total. The fraction of sp³-hybridized carbons (Fsp3) is 0.160. The highest BCUT2D eigenvalue weighted by molar-refractivity contribution is 6.36. The van der Waals surface area contributed by atoms with Gasteiger partial charge < -0.3 is 9.80 Å². The van der Waals surface area contributed by atoms with Crippen molar-refractivity contribution in [1.82, 2.24) is 9.47 Å². The fourth-order valence-electron chi connectivity index (χ4n) is 4.35. The van der Waals surface area contributed by atoms with Crippen molar-refractivity contribution >= 4 is 52.2 Å². The minimum absolute atomic E-state index is 0. The molecule has 1 aliphatic rings. The van der Waals surface area contributed by atoms with E-state index in [0.717, 1.165) is 22.3 Å². The molecule has 0 N–H and O–H groups in total. The van der Waals surface area contributed by atoms with E-state index in [1.807, 2.05) is 64.1 Å².